The van der Waals surface area contributed by atoms with Crippen LogP contribution in [-0.4, -0.2) is 37.1 Å². The van der Waals surface area contributed by atoms with Crippen LogP contribution >= 0.6 is 0 Å². The molecule has 0 aromatic rings. The Morgan fingerprint density at radius 1 is 1.31 bits per heavy atom. The highest BCUT2D eigenvalue weighted by Gasteiger charge is 2.30. The van der Waals surface area contributed by atoms with Gasteiger partial charge in [0.05, 0.1) is 0 Å². The maximum atomic E-state index is 3.69. The summed E-state index contributed by atoms with van der Waals surface area (Å²) in [6.07, 6.45) is 7.01. The van der Waals surface area contributed by atoms with Gasteiger partial charge in [-0.05, 0) is 63.6 Å². The number of nitrogens with zero attached hydrogens (tertiary/aromatic N) is 1. The Hall–Kier alpha value is -0.0800. The van der Waals surface area contributed by atoms with Crippen molar-refractivity contribution in [3.8, 4) is 0 Å². The molecule has 16 heavy (non-hydrogen) atoms. The minimum absolute atomic E-state index is 0.843. The minimum atomic E-state index is 0.843. The average molecular weight is 224 g/mol. The molecule has 0 spiro atoms. The fraction of sp³-hybridized carbons (Fsp3) is 1.00. The van der Waals surface area contributed by atoms with E-state index in [2.05, 4.69) is 24.1 Å². The fourth-order valence-electron chi connectivity index (χ4n) is 3.25. The van der Waals surface area contributed by atoms with Gasteiger partial charge in [0.1, 0.15) is 0 Å². The van der Waals surface area contributed by atoms with E-state index in [4.69, 9.17) is 0 Å². The summed E-state index contributed by atoms with van der Waals surface area (Å²) in [6, 6.07) is 0.843. The molecule has 2 saturated heterocycles. The smallest absolute Gasteiger partial charge is 0.0120 e. The van der Waals surface area contributed by atoms with E-state index in [1.54, 1.807) is 0 Å². The molecule has 2 fully saturated rings. The molecule has 2 nitrogen and oxygen atoms in total. The number of likely N-dealkylation sites (tertiary alicyclic amines) is 1. The standard InChI is InChI=1S/C14H28N2/c1-12(2)5-4-9-16-10-7-14-13(11-16)6-3-8-15-14/h12-15H,3-11H2,1-2H3. The molecule has 2 heteroatoms. The van der Waals surface area contributed by atoms with Gasteiger partial charge in [-0.2, -0.15) is 0 Å². The quantitative estimate of drug-likeness (QED) is 0.789. The van der Waals surface area contributed by atoms with Crippen LogP contribution in [0.1, 0.15) is 46.0 Å². The van der Waals surface area contributed by atoms with E-state index < -0.39 is 0 Å². The Kier molecular flexibility index (Phi) is 4.66. The first kappa shape index (κ1) is 12.4. The molecule has 0 aromatic carbocycles. The van der Waals surface area contributed by atoms with Gasteiger partial charge in [0, 0.05) is 12.6 Å². The maximum absolute atomic E-state index is 3.69. The summed E-state index contributed by atoms with van der Waals surface area (Å²) in [6.45, 7) is 9.94. The van der Waals surface area contributed by atoms with Crippen molar-refractivity contribution in [3.63, 3.8) is 0 Å². The lowest BCUT2D eigenvalue weighted by molar-refractivity contribution is 0.112. The molecule has 2 aliphatic heterocycles. The maximum Gasteiger partial charge on any atom is 0.0120 e. The van der Waals surface area contributed by atoms with E-state index in [9.17, 15) is 0 Å². The van der Waals surface area contributed by atoms with Crippen LogP contribution in [0, 0.1) is 11.8 Å². The Morgan fingerprint density at radius 3 is 3.00 bits per heavy atom. The van der Waals surface area contributed by atoms with Gasteiger partial charge in [0.25, 0.3) is 0 Å². The molecule has 0 aliphatic carbocycles. The molecule has 0 radical (unpaired) electrons. The molecule has 2 aliphatic rings. The molecule has 0 amide bonds. The number of nitrogens with one attached hydrogen (secondary N) is 1. The van der Waals surface area contributed by atoms with Crippen LogP contribution in [0.15, 0.2) is 0 Å². The molecule has 1 N–H and O–H groups in total. The third kappa shape index (κ3) is 3.46. The van der Waals surface area contributed by atoms with Crippen molar-refractivity contribution in [2.45, 2.75) is 52.0 Å². The minimum Gasteiger partial charge on any atom is -0.314 e. The Balaban J connectivity index is 1.68. The Labute approximate surface area is 101 Å². The van der Waals surface area contributed by atoms with Gasteiger partial charge in [0.15, 0.2) is 0 Å². The van der Waals surface area contributed by atoms with Crippen LogP contribution in [-0.2, 0) is 0 Å². The summed E-state index contributed by atoms with van der Waals surface area (Å²) in [5, 5.41) is 3.69. The zero-order chi connectivity index (χ0) is 11.4. The number of rotatable bonds is 4. The zero-order valence-electron chi connectivity index (χ0n) is 11.0. The monoisotopic (exact) mass is 224 g/mol. The van der Waals surface area contributed by atoms with E-state index in [1.807, 2.05) is 0 Å². The largest absolute Gasteiger partial charge is 0.314 e. The summed E-state index contributed by atoms with van der Waals surface area (Å²) in [5.74, 6) is 1.82. The van der Waals surface area contributed by atoms with Crippen molar-refractivity contribution >= 4 is 0 Å². The van der Waals surface area contributed by atoms with E-state index in [1.165, 1.54) is 58.3 Å². The molecule has 2 heterocycles. The molecule has 0 saturated carbocycles. The van der Waals surface area contributed by atoms with Crippen LogP contribution in [0.25, 0.3) is 0 Å². The normalized spacial score (nSPS) is 31.7. The predicted octanol–water partition coefficient (Wildman–Crippen LogP) is 2.50. The van der Waals surface area contributed by atoms with Gasteiger partial charge in [0.2, 0.25) is 0 Å². The number of fused-ring (bicyclic) bond motifs is 1. The molecule has 2 rings (SSSR count). The van der Waals surface area contributed by atoms with Crippen molar-refractivity contribution < 1.29 is 0 Å². The zero-order valence-corrected chi connectivity index (χ0v) is 11.0. The highest BCUT2D eigenvalue weighted by atomic mass is 15.1. The lowest BCUT2D eigenvalue weighted by Crippen LogP contribution is -2.52. The van der Waals surface area contributed by atoms with Crippen molar-refractivity contribution in [3.05, 3.63) is 0 Å². The summed E-state index contributed by atoms with van der Waals surface area (Å²) in [5.41, 5.74) is 0. The first-order valence-electron chi connectivity index (χ1n) is 7.21. The topological polar surface area (TPSA) is 15.3 Å². The summed E-state index contributed by atoms with van der Waals surface area (Å²) in [7, 11) is 0. The van der Waals surface area contributed by atoms with Crippen molar-refractivity contribution in [2.75, 3.05) is 26.2 Å². The summed E-state index contributed by atoms with van der Waals surface area (Å²) < 4.78 is 0. The average Bonchev–Trinajstić information content (AvgIpc) is 2.28. The molecule has 94 valence electrons. The van der Waals surface area contributed by atoms with Crippen molar-refractivity contribution in [1.82, 2.24) is 10.2 Å². The van der Waals surface area contributed by atoms with Crippen LogP contribution in [0.5, 0.6) is 0 Å². The third-order valence-electron chi connectivity index (χ3n) is 4.23. The van der Waals surface area contributed by atoms with Crippen LogP contribution < -0.4 is 5.32 Å². The van der Waals surface area contributed by atoms with E-state index in [-0.39, 0.29) is 0 Å². The van der Waals surface area contributed by atoms with Crippen molar-refractivity contribution in [1.29, 1.82) is 0 Å². The second kappa shape index (κ2) is 6.02. The van der Waals surface area contributed by atoms with Gasteiger partial charge < -0.3 is 10.2 Å². The molecule has 0 aromatic heterocycles. The van der Waals surface area contributed by atoms with Crippen LogP contribution in [0.2, 0.25) is 0 Å². The van der Waals surface area contributed by atoms with Crippen molar-refractivity contribution in [2.24, 2.45) is 11.8 Å². The SMILES string of the molecule is CC(C)CCCN1CCC2NCCCC2C1. The molecular weight excluding hydrogens is 196 g/mol. The lowest BCUT2D eigenvalue weighted by Gasteiger charge is -2.41. The highest BCUT2D eigenvalue weighted by Crippen LogP contribution is 2.25. The summed E-state index contributed by atoms with van der Waals surface area (Å²) in [4.78, 5) is 2.70. The van der Waals surface area contributed by atoms with Gasteiger partial charge in [-0.1, -0.05) is 13.8 Å². The second-order valence-corrected chi connectivity index (χ2v) is 6.09. The first-order chi connectivity index (χ1) is 7.75. The van der Waals surface area contributed by atoms with Crippen LogP contribution in [0.3, 0.4) is 0 Å². The molecule has 2 atom stereocenters. The number of piperidine rings is 2. The van der Waals surface area contributed by atoms with Gasteiger partial charge in [-0.25, -0.2) is 0 Å². The molecular formula is C14H28N2. The van der Waals surface area contributed by atoms with E-state index >= 15 is 0 Å². The third-order valence-corrected chi connectivity index (χ3v) is 4.23. The summed E-state index contributed by atoms with van der Waals surface area (Å²) >= 11 is 0. The van der Waals surface area contributed by atoms with E-state index in [0.717, 1.165) is 17.9 Å². The lowest BCUT2D eigenvalue weighted by atomic mass is 9.85. The number of hydrogen-bond donors (Lipinski definition) is 1. The fourth-order valence-corrected chi connectivity index (χ4v) is 3.25. The van der Waals surface area contributed by atoms with Gasteiger partial charge in [-0.15, -0.1) is 0 Å². The Morgan fingerprint density at radius 2 is 2.19 bits per heavy atom. The first-order valence-corrected chi connectivity index (χ1v) is 7.21. The van der Waals surface area contributed by atoms with E-state index in [0.29, 0.717) is 0 Å². The van der Waals surface area contributed by atoms with Gasteiger partial charge >= 0.3 is 0 Å². The number of hydrogen-bond acceptors (Lipinski definition) is 2. The van der Waals surface area contributed by atoms with Crippen LogP contribution in [0.4, 0.5) is 0 Å². The second-order valence-electron chi connectivity index (χ2n) is 6.09. The predicted molar refractivity (Wildman–Crippen MR) is 69.6 cm³/mol. The highest BCUT2D eigenvalue weighted by molar-refractivity contribution is 4.88. The van der Waals surface area contributed by atoms with Gasteiger partial charge in [-0.3, -0.25) is 0 Å². The molecule has 0 bridgehead atoms. The Bertz CT molecular complexity index is 203. The molecule has 2 unspecified atom stereocenters.